The second-order valence-electron chi connectivity index (χ2n) is 6.47. The van der Waals surface area contributed by atoms with Gasteiger partial charge < -0.3 is 4.74 Å². The highest BCUT2D eigenvalue weighted by atomic mass is 79.9. The van der Waals surface area contributed by atoms with Crippen molar-refractivity contribution in [2.75, 3.05) is 11.6 Å². The second kappa shape index (κ2) is 10.3. The van der Waals surface area contributed by atoms with Crippen LogP contribution in [0.2, 0.25) is 10.0 Å². The lowest BCUT2D eigenvalue weighted by atomic mass is 10.2. The zero-order chi connectivity index (χ0) is 22.7. The minimum atomic E-state index is -0.400. The monoisotopic (exact) mass is 611 g/mol. The summed E-state index contributed by atoms with van der Waals surface area (Å²) < 4.78 is 8.43. The van der Waals surface area contributed by atoms with Gasteiger partial charge in [0.25, 0.3) is 5.91 Å². The number of rotatable bonds is 6. The number of ether oxygens (including phenoxy) is 1. The van der Waals surface area contributed by atoms with Crippen LogP contribution in [0.1, 0.15) is 5.56 Å². The van der Waals surface area contributed by atoms with Crippen LogP contribution in [0.5, 0.6) is 5.75 Å². The average molecular weight is 614 g/mol. The van der Waals surface area contributed by atoms with Gasteiger partial charge in [-0.3, -0.25) is 4.79 Å². The summed E-state index contributed by atoms with van der Waals surface area (Å²) in [6, 6.07) is 18.1. The minimum Gasteiger partial charge on any atom is -0.482 e. The first-order chi connectivity index (χ1) is 15.4. The summed E-state index contributed by atoms with van der Waals surface area (Å²) >= 11 is 20.3. The Kier molecular flexibility index (Phi) is 7.48. The standard InChI is InChI=1S/C22H13Br2Cl2N3O2S/c23-14-3-1-13(2-4-14)11-27-29(22-28-18-7-5-15(24)9-20(18)32-22)21(30)12-31-19-8-6-16(25)10-17(19)26/h1-11H,12H2/b27-11+. The molecule has 0 fully saturated rings. The Hall–Kier alpha value is -1.97. The van der Waals surface area contributed by atoms with E-state index >= 15 is 0 Å². The van der Waals surface area contributed by atoms with Crippen molar-refractivity contribution < 1.29 is 9.53 Å². The van der Waals surface area contributed by atoms with Gasteiger partial charge in [0.05, 0.1) is 21.5 Å². The number of thiazole rings is 1. The Morgan fingerprint density at radius 1 is 1.06 bits per heavy atom. The fraction of sp³-hybridized carbons (Fsp3) is 0.0455. The van der Waals surface area contributed by atoms with Gasteiger partial charge in [0.2, 0.25) is 5.13 Å². The Labute approximate surface area is 214 Å². The normalized spacial score (nSPS) is 11.2. The van der Waals surface area contributed by atoms with Crippen LogP contribution >= 0.6 is 66.4 Å². The molecule has 4 rings (SSSR count). The number of fused-ring (bicyclic) bond motifs is 1. The number of anilines is 1. The second-order valence-corrected chi connectivity index (χ2v) is 10.2. The van der Waals surface area contributed by atoms with E-state index in [1.807, 2.05) is 42.5 Å². The number of nitrogens with zero attached hydrogens (tertiary/aromatic N) is 3. The molecule has 32 heavy (non-hydrogen) atoms. The predicted molar refractivity (Wildman–Crippen MR) is 138 cm³/mol. The first-order valence-electron chi connectivity index (χ1n) is 9.15. The molecule has 0 atom stereocenters. The summed E-state index contributed by atoms with van der Waals surface area (Å²) in [5, 5.41) is 6.88. The molecular formula is C22H13Br2Cl2N3O2S. The molecule has 0 bridgehead atoms. The Balaban J connectivity index is 1.62. The van der Waals surface area contributed by atoms with E-state index < -0.39 is 5.91 Å². The van der Waals surface area contributed by atoms with E-state index in [-0.39, 0.29) is 6.61 Å². The summed E-state index contributed by atoms with van der Waals surface area (Å²) in [6.07, 6.45) is 1.60. The Morgan fingerprint density at radius 2 is 1.81 bits per heavy atom. The smallest absolute Gasteiger partial charge is 0.287 e. The molecule has 1 aromatic heterocycles. The van der Waals surface area contributed by atoms with Crippen molar-refractivity contribution in [1.29, 1.82) is 0 Å². The van der Waals surface area contributed by atoms with Gasteiger partial charge in [0.1, 0.15) is 5.75 Å². The van der Waals surface area contributed by atoms with Crippen molar-refractivity contribution in [2.45, 2.75) is 0 Å². The highest BCUT2D eigenvalue weighted by Crippen LogP contribution is 2.32. The number of hydrogen-bond acceptors (Lipinski definition) is 5. The van der Waals surface area contributed by atoms with E-state index in [2.05, 4.69) is 41.9 Å². The van der Waals surface area contributed by atoms with Crippen LogP contribution in [-0.4, -0.2) is 23.7 Å². The fourth-order valence-corrected chi connectivity index (χ4v) is 4.88. The van der Waals surface area contributed by atoms with Crippen molar-refractivity contribution in [3.05, 3.63) is 85.2 Å². The zero-order valence-corrected chi connectivity index (χ0v) is 21.6. The van der Waals surface area contributed by atoms with Crippen molar-refractivity contribution in [2.24, 2.45) is 5.10 Å². The van der Waals surface area contributed by atoms with E-state index in [4.69, 9.17) is 27.9 Å². The Bertz CT molecular complexity index is 1310. The van der Waals surface area contributed by atoms with Crippen LogP contribution in [0.3, 0.4) is 0 Å². The first kappa shape index (κ1) is 23.2. The zero-order valence-electron chi connectivity index (χ0n) is 16.1. The maximum atomic E-state index is 13.1. The molecule has 0 saturated heterocycles. The number of carbonyl (C=O) groups is 1. The molecule has 0 spiro atoms. The summed E-state index contributed by atoms with van der Waals surface area (Å²) in [4.78, 5) is 17.7. The van der Waals surface area contributed by atoms with Crippen LogP contribution in [0, 0.1) is 0 Å². The fourth-order valence-electron chi connectivity index (χ4n) is 2.66. The molecule has 1 amide bonds. The number of amides is 1. The minimum absolute atomic E-state index is 0.279. The van der Waals surface area contributed by atoms with Gasteiger partial charge in [-0.1, -0.05) is 78.5 Å². The maximum absolute atomic E-state index is 13.1. The van der Waals surface area contributed by atoms with E-state index in [1.165, 1.54) is 16.3 Å². The molecular weight excluding hydrogens is 601 g/mol. The molecule has 3 aromatic carbocycles. The summed E-state index contributed by atoms with van der Waals surface area (Å²) in [7, 11) is 0. The lowest BCUT2D eigenvalue weighted by Crippen LogP contribution is -2.30. The molecule has 4 aromatic rings. The van der Waals surface area contributed by atoms with Gasteiger partial charge in [-0.2, -0.15) is 10.1 Å². The number of hydrogen-bond donors (Lipinski definition) is 0. The third kappa shape index (κ3) is 5.68. The molecule has 0 N–H and O–H groups in total. The van der Waals surface area contributed by atoms with Crippen molar-refractivity contribution >= 4 is 93.9 Å². The highest BCUT2D eigenvalue weighted by Gasteiger charge is 2.20. The van der Waals surface area contributed by atoms with Crippen LogP contribution < -0.4 is 9.75 Å². The topological polar surface area (TPSA) is 54.8 Å². The molecule has 5 nitrogen and oxygen atoms in total. The van der Waals surface area contributed by atoms with E-state index in [1.54, 1.807) is 24.4 Å². The average Bonchev–Trinajstić information content (AvgIpc) is 3.17. The van der Waals surface area contributed by atoms with Crippen molar-refractivity contribution in [1.82, 2.24) is 4.98 Å². The molecule has 162 valence electrons. The largest absolute Gasteiger partial charge is 0.482 e. The molecule has 0 aliphatic rings. The number of halogens is 4. The maximum Gasteiger partial charge on any atom is 0.287 e. The number of carbonyl (C=O) groups excluding carboxylic acids is 1. The first-order valence-corrected chi connectivity index (χ1v) is 12.3. The predicted octanol–water partition coefficient (Wildman–Crippen LogP) is 7.57. The molecule has 0 saturated carbocycles. The molecule has 0 unspecified atom stereocenters. The number of hydrazone groups is 1. The van der Waals surface area contributed by atoms with Crippen LogP contribution in [0.25, 0.3) is 10.2 Å². The van der Waals surface area contributed by atoms with Crippen molar-refractivity contribution in [3.63, 3.8) is 0 Å². The van der Waals surface area contributed by atoms with Crippen LogP contribution in [0.15, 0.2) is 74.7 Å². The van der Waals surface area contributed by atoms with Gasteiger partial charge in [-0.15, -0.1) is 0 Å². The third-order valence-electron chi connectivity index (χ3n) is 4.19. The van der Waals surface area contributed by atoms with Gasteiger partial charge in [-0.05, 0) is 54.1 Å². The molecule has 10 heteroatoms. The van der Waals surface area contributed by atoms with E-state index in [0.717, 1.165) is 24.7 Å². The van der Waals surface area contributed by atoms with Crippen LogP contribution in [0.4, 0.5) is 5.13 Å². The highest BCUT2D eigenvalue weighted by molar-refractivity contribution is 9.10. The van der Waals surface area contributed by atoms with Gasteiger partial charge in [-0.25, -0.2) is 4.98 Å². The van der Waals surface area contributed by atoms with Gasteiger partial charge >= 0.3 is 0 Å². The SMILES string of the molecule is O=C(COc1ccc(Cl)cc1Cl)N(/N=C/c1ccc(Br)cc1)c1nc2ccc(Br)cc2s1. The molecule has 1 heterocycles. The summed E-state index contributed by atoms with van der Waals surface area (Å²) in [6.45, 7) is -0.279. The van der Waals surface area contributed by atoms with Crippen LogP contribution in [-0.2, 0) is 4.79 Å². The quantitative estimate of drug-likeness (QED) is 0.166. The number of aromatic nitrogens is 1. The number of benzene rings is 3. The Morgan fingerprint density at radius 3 is 2.56 bits per heavy atom. The molecule has 0 aliphatic carbocycles. The van der Waals surface area contributed by atoms with Gasteiger partial charge in [0.15, 0.2) is 6.61 Å². The van der Waals surface area contributed by atoms with E-state index in [9.17, 15) is 4.79 Å². The molecule has 0 aliphatic heterocycles. The molecule has 0 radical (unpaired) electrons. The van der Waals surface area contributed by atoms with E-state index in [0.29, 0.717) is 20.9 Å². The van der Waals surface area contributed by atoms with Crippen molar-refractivity contribution in [3.8, 4) is 5.75 Å². The lowest BCUT2D eigenvalue weighted by Gasteiger charge is -2.15. The summed E-state index contributed by atoms with van der Waals surface area (Å²) in [5.41, 5.74) is 1.60. The summed E-state index contributed by atoms with van der Waals surface area (Å²) in [5.74, 6) is -0.0445. The van der Waals surface area contributed by atoms with Gasteiger partial charge in [0, 0.05) is 14.0 Å². The third-order valence-corrected chi connectivity index (χ3v) is 6.74. The lowest BCUT2D eigenvalue weighted by molar-refractivity contribution is -0.120.